The number of rotatable bonds is 15. The molecule has 0 amide bonds. The minimum atomic E-state index is -4.56. The molecule has 2 fully saturated rings. The average Bonchev–Trinajstić information content (AvgIpc) is 3.63. The van der Waals surface area contributed by atoms with E-state index in [0.29, 0.717) is 18.7 Å². The van der Waals surface area contributed by atoms with Gasteiger partial charge in [0.2, 0.25) is 6.10 Å². The van der Waals surface area contributed by atoms with E-state index in [1.807, 2.05) is 0 Å². The minimum Gasteiger partial charge on any atom is -0.464 e. The number of anilines is 1. The van der Waals surface area contributed by atoms with Crippen molar-refractivity contribution in [2.45, 2.75) is 64.7 Å². The molecule has 18 heteroatoms. The van der Waals surface area contributed by atoms with E-state index in [0.717, 1.165) is 0 Å². The Morgan fingerprint density at radius 1 is 1.06 bits per heavy atom. The van der Waals surface area contributed by atoms with Gasteiger partial charge in [-0.25, -0.2) is 20.6 Å². The molecule has 17 nitrogen and oxygen atoms in total. The number of fused-ring (bicyclic) bond motifs is 1. The predicted molar refractivity (Wildman–Crippen MR) is 178 cm³/mol. The lowest BCUT2D eigenvalue weighted by molar-refractivity contribution is -0.174. The van der Waals surface area contributed by atoms with Crippen molar-refractivity contribution in [3.05, 3.63) is 65.9 Å². The molecule has 6 atom stereocenters. The Kier molecular flexibility index (Phi) is 11.6. The molecular weight excluding hydrogens is 687 g/mol. The molecule has 1 unspecified atom stereocenters. The van der Waals surface area contributed by atoms with Crippen LogP contribution in [-0.4, -0.2) is 82.9 Å². The molecule has 2 aliphatic rings. The Hall–Kier alpha value is -4.59. The number of nitrogens with two attached hydrogens (primary N) is 1. The fourth-order valence-corrected chi connectivity index (χ4v) is 6.64. The lowest BCUT2D eigenvalue weighted by Gasteiger charge is -2.28. The molecule has 2 aliphatic heterocycles. The van der Waals surface area contributed by atoms with Crippen molar-refractivity contribution in [3.8, 4) is 5.75 Å². The van der Waals surface area contributed by atoms with E-state index in [1.54, 1.807) is 58.0 Å². The summed E-state index contributed by atoms with van der Waals surface area (Å²) in [5.41, 5.74) is 4.47. The maximum absolute atomic E-state index is 14.5. The van der Waals surface area contributed by atoms with Crippen LogP contribution in [0.25, 0.3) is 10.4 Å². The minimum absolute atomic E-state index is 0.0552. The molecule has 5 rings (SSSR count). The molecule has 0 aliphatic carbocycles. The third kappa shape index (κ3) is 8.49. The summed E-state index contributed by atoms with van der Waals surface area (Å²) in [7, 11) is -4.56. The monoisotopic (exact) mass is 728 g/mol. The van der Waals surface area contributed by atoms with Gasteiger partial charge in [0.1, 0.15) is 29.7 Å². The van der Waals surface area contributed by atoms with Crippen LogP contribution in [0.15, 0.2) is 48.8 Å². The van der Waals surface area contributed by atoms with E-state index in [9.17, 15) is 18.9 Å². The van der Waals surface area contributed by atoms with Gasteiger partial charge in [0, 0.05) is 5.92 Å². The molecule has 4 heterocycles. The van der Waals surface area contributed by atoms with Crippen molar-refractivity contribution in [2.75, 3.05) is 32.2 Å². The molecular formula is C33H41N6O11P. The third-order valence-electron chi connectivity index (χ3n) is 8.09. The average molecular weight is 729 g/mol. The largest absolute Gasteiger partial charge is 0.464 e. The summed E-state index contributed by atoms with van der Waals surface area (Å²) < 4.78 is 56.2. The molecule has 0 bridgehead atoms. The number of para-hydroxylation sites is 1. The van der Waals surface area contributed by atoms with Crippen molar-refractivity contribution in [3.63, 3.8) is 0 Å². The van der Waals surface area contributed by atoms with E-state index in [4.69, 9.17) is 45.0 Å². The molecule has 0 radical (unpaired) electrons. The highest BCUT2D eigenvalue weighted by Crippen LogP contribution is 2.50. The predicted octanol–water partition coefficient (Wildman–Crippen LogP) is 3.51. The summed E-state index contributed by atoms with van der Waals surface area (Å²) >= 11 is 0. The van der Waals surface area contributed by atoms with Crippen LogP contribution in [0.4, 0.5) is 5.82 Å². The zero-order valence-electron chi connectivity index (χ0n) is 28.8. The summed E-state index contributed by atoms with van der Waals surface area (Å²) in [5, 5.41) is 6.85. The number of hydrogen-bond acceptors (Lipinski definition) is 14. The molecule has 3 N–H and O–H groups in total. The zero-order chi connectivity index (χ0) is 36.9. The molecule has 51 heavy (non-hydrogen) atoms. The van der Waals surface area contributed by atoms with E-state index in [-0.39, 0.29) is 29.8 Å². The fourth-order valence-electron chi connectivity index (χ4n) is 5.12. The number of nitrogen functional groups attached to an aromatic ring is 1. The maximum atomic E-state index is 14.5. The van der Waals surface area contributed by atoms with Gasteiger partial charge in [-0.2, -0.15) is 10.2 Å². The summed E-state index contributed by atoms with van der Waals surface area (Å²) in [5.74, 6) is -3.10. The lowest BCUT2D eigenvalue weighted by atomic mass is 10.0. The van der Waals surface area contributed by atoms with Crippen molar-refractivity contribution in [1.29, 1.82) is 0 Å². The second-order valence-corrected chi connectivity index (χ2v) is 14.5. The van der Waals surface area contributed by atoms with Gasteiger partial charge in [-0.3, -0.25) is 28.5 Å². The SMILES string of the molecule is [C-]#[N+][C@]1(COP(=O)(N[C@@H](C)C(=O)OCC2COC2)Oc2ccccc2)O[C@@H](c2ccc3c(N)ncnn23)[C@H](OC(=O)C(C)C)[C@@H]1OC(=O)C(C)C. The number of benzene rings is 1. The lowest BCUT2D eigenvalue weighted by Crippen LogP contribution is -2.49. The van der Waals surface area contributed by atoms with Crippen LogP contribution in [0, 0.1) is 24.3 Å². The summed E-state index contributed by atoms with van der Waals surface area (Å²) in [6.07, 6.45) is -3.09. The van der Waals surface area contributed by atoms with Crippen molar-refractivity contribution in [1.82, 2.24) is 19.7 Å². The number of nitrogens with one attached hydrogen (secondary N) is 1. The van der Waals surface area contributed by atoms with Crippen molar-refractivity contribution >= 4 is 37.0 Å². The Balaban J connectivity index is 1.52. The van der Waals surface area contributed by atoms with Gasteiger partial charge in [-0.05, 0) is 31.2 Å². The molecule has 2 aromatic heterocycles. The van der Waals surface area contributed by atoms with Gasteiger partial charge in [-0.15, -0.1) is 0 Å². The molecule has 2 saturated heterocycles. The van der Waals surface area contributed by atoms with Crippen LogP contribution in [0.2, 0.25) is 0 Å². The quantitative estimate of drug-likeness (QED) is 0.0994. The first kappa shape index (κ1) is 37.7. The van der Waals surface area contributed by atoms with E-state index in [2.05, 4.69) is 20.0 Å². The Bertz CT molecular complexity index is 1810. The number of hydrogen-bond donors (Lipinski definition) is 2. The van der Waals surface area contributed by atoms with Crippen LogP contribution < -0.4 is 15.3 Å². The number of ether oxygens (including phenoxy) is 5. The summed E-state index contributed by atoms with van der Waals surface area (Å²) in [6.45, 7) is 16.4. The molecule has 0 spiro atoms. The topological polar surface area (TPSA) is 205 Å². The number of carbonyl (C=O) groups excluding carboxylic acids is 3. The normalized spacial score (nSPS) is 23.6. The smallest absolute Gasteiger partial charge is 0.459 e. The Morgan fingerprint density at radius 2 is 1.75 bits per heavy atom. The molecule has 1 aromatic carbocycles. The first-order valence-corrected chi connectivity index (χ1v) is 17.9. The van der Waals surface area contributed by atoms with Gasteiger partial charge in [0.05, 0.1) is 37.4 Å². The van der Waals surface area contributed by atoms with Gasteiger partial charge < -0.3 is 29.2 Å². The van der Waals surface area contributed by atoms with Gasteiger partial charge in [-0.1, -0.05) is 45.9 Å². The van der Waals surface area contributed by atoms with Gasteiger partial charge in [0.15, 0.2) is 18.5 Å². The van der Waals surface area contributed by atoms with Gasteiger partial charge in [0.25, 0.3) is 0 Å². The number of nitrogens with zero attached hydrogens (tertiary/aromatic N) is 4. The first-order valence-electron chi connectivity index (χ1n) is 16.3. The zero-order valence-corrected chi connectivity index (χ0v) is 29.7. The van der Waals surface area contributed by atoms with Crippen LogP contribution in [0.3, 0.4) is 0 Å². The van der Waals surface area contributed by atoms with Crippen LogP contribution in [0.5, 0.6) is 5.75 Å². The second-order valence-electron chi connectivity index (χ2n) is 12.8. The second kappa shape index (κ2) is 15.7. The molecule has 3 aromatic rings. The number of esters is 3. The van der Waals surface area contributed by atoms with E-state index < -0.39 is 74.2 Å². The van der Waals surface area contributed by atoms with Gasteiger partial charge >= 0.3 is 31.4 Å². The van der Waals surface area contributed by atoms with Crippen LogP contribution in [0.1, 0.15) is 46.4 Å². The first-order chi connectivity index (χ1) is 24.3. The Morgan fingerprint density at radius 3 is 2.37 bits per heavy atom. The highest BCUT2D eigenvalue weighted by molar-refractivity contribution is 7.52. The third-order valence-corrected chi connectivity index (χ3v) is 9.71. The number of carbonyl (C=O) groups is 3. The summed E-state index contributed by atoms with van der Waals surface area (Å²) in [6, 6.07) is 10.0. The summed E-state index contributed by atoms with van der Waals surface area (Å²) in [4.78, 5) is 46.9. The highest BCUT2D eigenvalue weighted by atomic mass is 31.2. The van der Waals surface area contributed by atoms with E-state index in [1.165, 1.54) is 29.9 Å². The fraction of sp³-hybridized carbons (Fsp3) is 0.515. The standard InChI is InChI=1S/C33H41N6O11P/c1-19(2)30(40)47-27-26(24-12-13-25-29(34)36-18-37-39(24)25)49-33(35-6,28(27)48-31(41)20(3)4)17-46-51(43,50-23-10-8-7-9-11-23)38-21(5)32(42)45-16-22-14-44-15-22/h7-13,18-22,26-28H,14-17H2,1-5H3,(H,38,43)(H2,34,36,37)/t21-,26-,27-,28-,33+,51?/m0/s1. The van der Waals surface area contributed by atoms with Crippen molar-refractivity contribution < 1.29 is 51.7 Å². The van der Waals surface area contributed by atoms with Crippen molar-refractivity contribution in [2.24, 2.45) is 17.8 Å². The van der Waals surface area contributed by atoms with Crippen LogP contribution in [-0.2, 0) is 47.2 Å². The van der Waals surface area contributed by atoms with E-state index >= 15 is 0 Å². The number of aromatic nitrogens is 3. The van der Waals surface area contributed by atoms with Crippen LogP contribution >= 0.6 is 7.75 Å². The molecule has 274 valence electrons. The maximum Gasteiger partial charge on any atom is 0.459 e. The Labute approximate surface area is 294 Å². The highest BCUT2D eigenvalue weighted by Gasteiger charge is 2.67. The molecule has 0 saturated carbocycles.